The molecule has 0 heterocycles. The first-order chi connectivity index (χ1) is 14.0. The zero-order valence-electron chi connectivity index (χ0n) is 20.7. The third-order valence-electron chi connectivity index (χ3n) is 11.2. The maximum atomic E-state index is 10.7. The molecule has 0 aromatic carbocycles. The standard InChI is InChI=1S/C28H50O2/c1-6-14-25(2,29)15-7-8-20-10-12-23-22-11-9-21-19-26(3,30)17-18-28(21,5)24(22)13-16-27(20,23)4/h20-24,29-30H,6-19H2,1-5H3/t20-,21-,22-,23-,24-,25?,26-,27+,28-/m0/s1. The molecule has 9 atom stereocenters. The topological polar surface area (TPSA) is 40.5 Å². The van der Waals surface area contributed by atoms with Gasteiger partial charge < -0.3 is 10.2 Å². The molecule has 0 amide bonds. The average Bonchev–Trinajstić information content (AvgIpc) is 2.99. The van der Waals surface area contributed by atoms with Crippen molar-refractivity contribution in [3.8, 4) is 0 Å². The van der Waals surface area contributed by atoms with Crippen molar-refractivity contribution in [3.05, 3.63) is 0 Å². The van der Waals surface area contributed by atoms with Crippen LogP contribution in [0.5, 0.6) is 0 Å². The highest BCUT2D eigenvalue weighted by atomic mass is 16.3. The Labute approximate surface area is 186 Å². The van der Waals surface area contributed by atoms with E-state index in [1.807, 2.05) is 6.92 Å². The lowest BCUT2D eigenvalue weighted by molar-refractivity contribution is -0.146. The van der Waals surface area contributed by atoms with Crippen molar-refractivity contribution in [1.29, 1.82) is 0 Å². The summed E-state index contributed by atoms with van der Waals surface area (Å²) in [5, 5.41) is 21.3. The van der Waals surface area contributed by atoms with Crippen molar-refractivity contribution >= 4 is 0 Å². The van der Waals surface area contributed by atoms with Gasteiger partial charge in [0.1, 0.15) is 0 Å². The van der Waals surface area contributed by atoms with Crippen LogP contribution in [-0.2, 0) is 0 Å². The number of hydrogen-bond donors (Lipinski definition) is 2. The van der Waals surface area contributed by atoms with Crippen LogP contribution in [0.1, 0.15) is 125 Å². The molecule has 2 heteroatoms. The monoisotopic (exact) mass is 418 g/mol. The predicted octanol–water partition coefficient (Wildman–Crippen LogP) is 7.12. The molecule has 0 spiro atoms. The SMILES string of the molecule is CCCC(C)(O)CCC[C@H]1CC[C@H]2[C@@H]3CC[C@H]4C[C@@](C)(O)CC[C@]4(C)[C@H]3CC[C@]12C. The lowest BCUT2D eigenvalue weighted by atomic mass is 9.44. The predicted molar refractivity (Wildman–Crippen MR) is 125 cm³/mol. The van der Waals surface area contributed by atoms with Gasteiger partial charge in [-0.1, -0.05) is 33.6 Å². The maximum absolute atomic E-state index is 10.7. The third-order valence-corrected chi connectivity index (χ3v) is 11.2. The molecule has 0 bridgehead atoms. The molecule has 4 aliphatic carbocycles. The fourth-order valence-corrected chi connectivity index (χ4v) is 9.41. The van der Waals surface area contributed by atoms with E-state index in [0.717, 1.165) is 61.7 Å². The first-order valence-electron chi connectivity index (χ1n) is 13.5. The number of fused-ring (bicyclic) bond motifs is 5. The molecule has 2 nitrogen and oxygen atoms in total. The van der Waals surface area contributed by atoms with Gasteiger partial charge in [0.05, 0.1) is 11.2 Å². The van der Waals surface area contributed by atoms with Crippen LogP contribution < -0.4 is 0 Å². The lowest BCUT2D eigenvalue weighted by Gasteiger charge is -2.62. The van der Waals surface area contributed by atoms with Gasteiger partial charge in [-0.15, -0.1) is 0 Å². The molecule has 30 heavy (non-hydrogen) atoms. The minimum absolute atomic E-state index is 0.419. The van der Waals surface area contributed by atoms with Gasteiger partial charge in [-0.3, -0.25) is 0 Å². The van der Waals surface area contributed by atoms with E-state index in [2.05, 4.69) is 27.7 Å². The molecule has 0 saturated heterocycles. The molecule has 4 saturated carbocycles. The second-order valence-corrected chi connectivity index (χ2v) is 13.3. The van der Waals surface area contributed by atoms with Crippen LogP contribution in [0.15, 0.2) is 0 Å². The quantitative estimate of drug-likeness (QED) is 0.482. The molecule has 174 valence electrons. The zero-order chi connectivity index (χ0) is 21.8. The van der Waals surface area contributed by atoms with Crippen LogP contribution >= 0.6 is 0 Å². The van der Waals surface area contributed by atoms with Crippen LogP contribution in [0.4, 0.5) is 0 Å². The Morgan fingerprint density at radius 3 is 2.33 bits per heavy atom. The summed E-state index contributed by atoms with van der Waals surface area (Å²) >= 11 is 0. The van der Waals surface area contributed by atoms with E-state index in [0.29, 0.717) is 10.8 Å². The molecule has 4 aliphatic rings. The summed E-state index contributed by atoms with van der Waals surface area (Å²) in [6.45, 7) is 11.6. The van der Waals surface area contributed by atoms with Gasteiger partial charge in [-0.25, -0.2) is 0 Å². The minimum atomic E-state index is -0.458. The summed E-state index contributed by atoms with van der Waals surface area (Å²) in [5.74, 6) is 4.37. The van der Waals surface area contributed by atoms with Crippen LogP contribution in [0.2, 0.25) is 0 Å². The van der Waals surface area contributed by atoms with E-state index in [1.54, 1.807) is 0 Å². The molecular formula is C28H50O2. The molecule has 4 rings (SSSR count). The Kier molecular flexibility index (Phi) is 6.20. The Morgan fingerprint density at radius 2 is 1.60 bits per heavy atom. The van der Waals surface area contributed by atoms with Gasteiger partial charge in [0.2, 0.25) is 0 Å². The van der Waals surface area contributed by atoms with E-state index < -0.39 is 11.2 Å². The van der Waals surface area contributed by atoms with Crippen LogP contribution in [-0.4, -0.2) is 21.4 Å². The van der Waals surface area contributed by atoms with Gasteiger partial charge in [0.25, 0.3) is 0 Å². The molecule has 0 aromatic rings. The van der Waals surface area contributed by atoms with Crippen molar-refractivity contribution in [2.24, 2.45) is 40.4 Å². The largest absolute Gasteiger partial charge is 0.390 e. The summed E-state index contributed by atoms with van der Waals surface area (Å²) in [5.41, 5.74) is 0.142. The van der Waals surface area contributed by atoms with Crippen molar-refractivity contribution in [2.45, 2.75) is 136 Å². The molecule has 0 radical (unpaired) electrons. The van der Waals surface area contributed by atoms with Gasteiger partial charge in [-0.05, 0) is 131 Å². The smallest absolute Gasteiger partial charge is 0.0622 e. The number of hydrogen-bond acceptors (Lipinski definition) is 2. The molecule has 0 aliphatic heterocycles. The highest BCUT2D eigenvalue weighted by Crippen LogP contribution is 2.68. The normalized spacial score (nSPS) is 50.3. The third kappa shape index (κ3) is 4.02. The van der Waals surface area contributed by atoms with E-state index in [4.69, 9.17) is 0 Å². The van der Waals surface area contributed by atoms with E-state index >= 15 is 0 Å². The Balaban J connectivity index is 1.41. The molecular weight excluding hydrogens is 368 g/mol. The van der Waals surface area contributed by atoms with Gasteiger partial charge in [0.15, 0.2) is 0 Å². The summed E-state index contributed by atoms with van der Waals surface area (Å²) in [4.78, 5) is 0. The molecule has 4 fully saturated rings. The zero-order valence-corrected chi connectivity index (χ0v) is 20.7. The van der Waals surface area contributed by atoms with Crippen LogP contribution in [0.3, 0.4) is 0 Å². The Hall–Kier alpha value is -0.0800. The first kappa shape index (κ1) is 23.1. The second-order valence-electron chi connectivity index (χ2n) is 13.3. The highest BCUT2D eigenvalue weighted by Gasteiger charge is 2.60. The number of aliphatic hydroxyl groups is 2. The highest BCUT2D eigenvalue weighted by molar-refractivity contribution is 5.10. The van der Waals surface area contributed by atoms with Crippen LogP contribution in [0.25, 0.3) is 0 Å². The maximum Gasteiger partial charge on any atom is 0.0622 e. The lowest BCUT2D eigenvalue weighted by Crippen LogP contribution is -2.55. The van der Waals surface area contributed by atoms with Crippen LogP contribution in [0, 0.1) is 40.4 Å². The fourth-order valence-electron chi connectivity index (χ4n) is 9.41. The first-order valence-corrected chi connectivity index (χ1v) is 13.5. The molecule has 2 N–H and O–H groups in total. The van der Waals surface area contributed by atoms with Gasteiger partial charge >= 0.3 is 0 Å². The van der Waals surface area contributed by atoms with E-state index in [1.165, 1.54) is 57.8 Å². The van der Waals surface area contributed by atoms with Crippen molar-refractivity contribution < 1.29 is 10.2 Å². The summed E-state index contributed by atoms with van der Waals surface area (Å²) in [6.07, 6.45) is 17.3. The second kappa shape index (κ2) is 8.05. The Bertz CT molecular complexity index is 610. The van der Waals surface area contributed by atoms with Crippen molar-refractivity contribution in [2.75, 3.05) is 0 Å². The number of rotatable bonds is 6. The summed E-state index contributed by atoms with van der Waals surface area (Å²) in [7, 11) is 0. The van der Waals surface area contributed by atoms with E-state index in [9.17, 15) is 10.2 Å². The van der Waals surface area contributed by atoms with Gasteiger partial charge in [-0.2, -0.15) is 0 Å². The molecule has 1 unspecified atom stereocenters. The minimum Gasteiger partial charge on any atom is -0.390 e. The summed E-state index contributed by atoms with van der Waals surface area (Å²) < 4.78 is 0. The van der Waals surface area contributed by atoms with Gasteiger partial charge in [0, 0.05) is 0 Å². The fraction of sp³-hybridized carbons (Fsp3) is 1.00. The Morgan fingerprint density at radius 1 is 0.867 bits per heavy atom. The summed E-state index contributed by atoms with van der Waals surface area (Å²) in [6, 6.07) is 0. The van der Waals surface area contributed by atoms with Crippen molar-refractivity contribution in [1.82, 2.24) is 0 Å². The van der Waals surface area contributed by atoms with Crippen molar-refractivity contribution in [3.63, 3.8) is 0 Å². The molecule has 0 aromatic heterocycles. The average molecular weight is 419 g/mol. The van der Waals surface area contributed by atoms with E-state index in [-0.39, 0.29) is 0 Å².